The van der Waals surface area contributed by atoms with Gasteiger partial charge in [-0.3, -0.25) is 9.59 Å². The molecular formula is C22H27FN2O2S. The second kappa shape index (κ2) is 11.5. The SMILES string of the molecule is CCCNC(=O)[C@@H](CC)N(Cc1ccc(F)cc1)C(=O)CSc1ccccc1. The molecule has 0 unspecified atom stereocenters. The maximum Gasteiger partial charge on any atom is 0.242 e. The summed E-state index contributed by atoms with van der Waals surface area (Å²) in [5.41, 5.74) is 0.793. The van der Waals surface area contributed by atoms with Crippen LogP contribution < -0.4 is 5.32 Å². The summed E-state index contributed by atoms with van der Waals surface area (Å²) >= 11 is 1.44. The number of amides is 2. The van der Waals surface area contributed by atoms with Crippen LogP contribution in [0.25, 0.3) is 0 Å². The molecule has 6 heteroatoms. The van der Waals surface area contributed by atoms with Gasteiger partial charge in [-0.1, -0.05) is 44.2 Å². The van der Waals surface area contributed by atoms with Crippen LogP contribution in [-0.2, 0) is 16.1 Å². The highest BCUT2D eigenvalue weighted by Crippen LogP contribution is 2.20. The van der Waals surface area contributed by atoms with E-state index in [4.69, 9.17) is 0 Å². The van der Waals surface area contributed by atoms with Crippen LogP contribution in [0.2, 0.25) is 0 Å². The number of nitrogens with one attached hydrogen (secondary N) is 1. The van der Waals surface area contributed by atoms with E-state index < -0.39 is 6.04 Å². The van der Waals surface area contributed by atoms with Crippen LogP contribution in [-0.4, -0.2) is 35.1 Å². The summed E-state index contributed by atoms with van der Waals surface area (Å²) < 4.78 is 13.2. The monoisotopic (exact) mass is 402 g/mol. The molecule has 2 aromatic rings. The van der Waals surface area contributed by atoms with Crippen molar-refractivity contribution in [2.24, 2.45) is 0 Å². The molecule has 0 spiro atoms. The van der Waals surface area contributed by atoms with Crippen LogP contribution >= 0.6 is 11.8 Å². The summed E-state index contributed by atoms with van der Waals surface area (Å²) in [5.74, 6) is -0.349. The fraction of sp³-hybridized carbons (Fsp3) is 0.364. The zero-order valence-corrected chi connectivity index (χ0v) is 17.2. The Morgan fingerprint density at radius 1 is 1.07 bits per heavy atom. The quantitative estimate of drug-likeness (QED) is 0.605. The Hall–Kier alpha value is -2.34. The lowest BCUT2D eigenvalue weighted by molar-refractivity contribution is -0.139. The van der Waals surface area contributed by atoms with Crippen molar-refractivity contribution in [2.75, 3.05) is 12.3 Å². The zero-order valence-electron chi connectivity index (χ0n) is 16.4. The lowest BCUT2D eigenvalue weighted by Crippen LogP contribution is -2.49. The molecule has 0 fully saturated rings. The molecule has 28 heavy (non-hydrogen) atoms. The standard InChI is InChI=1S/C22H27FN2O2S/c1-3-14-24-22(27)20(4-2)25(15-17-10-12-18(23)13-11-17)21(26)16-28-19-8-6-5-7-9-19/h5-13,20H,3-4,14-16H2,1-2H3,(H,24,27)/t20-/m1/s1. The Morgan fingerprint density at radius 2 is 1.75 bits per heavy atom. The van der Waals surface area contributed by atoms with Crippen LogP contribution in [0.1, 0.15) is 32.3 Å². The third kappa shape index (κ3) is 6.68. The molecule has 2 aromatic carbocycles. The molecule has 0 aliphatic rings. The molecule has 2 rings (SSSR count). The maximum atomic E-state index is 13.2. The fourth-order valence-electron chi connectivity index (χ4n) is 2.82. The molecule has 150 valence electrons. The maximum absolute atomic E-state index is 13.2. The zero-order chi connectivity index (χ0) is 20.4. The van der Waals surface area contributed by atoms with Gasteiger partial charge in [-0.25, -0.2) is 4.39 Å². The lowest BCUT2D eigenvalue weighted by atomic mass is 10.1. The number of thioether (sulfide) groups is 1. The summed E-state index contributed by atoms with van der Waals surface area (Å²) in [7, 11) is 0. The molecule has 0 bridgehead atoms. The number of carbonyl (C=O) groups is 2. The Balaban J connectivity index is 2.16. The average Bonchev–Trinajstić information content (AvgIpc) is 2.72. The number of benzene rings is 2. The van der Waals surface area contributed by atoms with Crippen LogP contribution in [0.15, 0.2) is 59.5 Å². The number of nitrogens with zero attached hydrogens (tertiary/aromatic N) is 1. The Kier molecular flexibility index (Phi) is 9.01. The van der Waals surface area contributed by atoms with E-state index in [1.54, 1.807) is 17.0 Å². The molecule has 0 radical (unpaired) electrons. The predicted octanol–water partition coefficient (Wildman–Crippen LogP) is 4.25. The van der Waals surface area contributed by atoms with Crippen molar-refractivity contribution in [3.63, 3.8) is 0 Å². The summed E-state index contributed by atoms with van der Waals surface area (Å²) in [6, 6.07) is 15.2. The normalized spacial score (nSPS) is 11.7. The van der Waals surface area contributed by atoms with Crippen LogP contribution in [0, 0.1) is 5.82 Å². The Bertz CT molecular complexity index is 753. The highest BCUT2D eigenvalue weighted by Gasteiger charge is 2.28. The largest absolute Gasteiger partial charge is 0.354 e. The first kappa shape index (κ1) is 22.0. The number of halogens is 1. The summed E-state index contributed by atoms with van der Waals surface area (Å²) in [4.78, 5) is 28.2. The average molecular weight is 403 g/mol. The van der Waals surface area contributed by atoms with Crippen molar-refractivity contribution in [1.29, 1.82) is 0 Å². The van der Waals surface area contributed by atoms with E-state index in [1.165, 1.54) is 23.9 Å². The van der Waals surface area contributed by atoms with Gasteiger partial charge in [0.05, 0.1) is 5.75 Å². The van der Waals surface area contributed by atoms with Gasteiger partial charge in [0, 0.05) is 18.0 Å². The lowest BCUT2D eigenvalue weighted by Gasteiger charge is -2.30. The molecule has 0 saturated heterocycles. The number of hydrogen-bond acceptors (Lipinski definition) is 3. The van der Waals surface area contributed by atoms with Gasteiger partial charge in [0.1, 0.15) is 11.9 Å². The Morgan fingerprint density at radius 3 is 2.36 bits per heavy atom. The van der Waals surface area contributed by atoms with Crippen molar-refractivity contribution in [3.8, 4) is 0 Å². The van der Waals surface area contributed by atoms with E-state index >= 15 is 0 Å². The van der Waals surface area contributed by atoms with E-state index in [0.717, 1.165) is 16.9 Å². The van der Waals surface area contributed by atoms with Gasteiger partial charge in [0.25, 0.3) is 0 Å². The van der Waals surface area contributed by atoms with Crippen molar-refractivity contribution in [1.82, 2.24) is 10.2 Å². The van der Waals surface area contributed by atoms with Crippen LogP contribution in [0.5, 0.6) is 0 Å². The molecule has 0 aliphatic heterocycles. The van der Waals surface area contributed by atoms with Gasteiger partial charge in [0.2, 0.25) is 11.8 Å². The van der Waals surface area contributed by atoms with E-state index in [9.17, 15) is 14.0 Å². The van der Waals surface area contributed by atoms with E-state index in [0.29, 0.717) is 13.0 Å². The predicted molar refractivity (Wildman–Crippen MR) is 111 cm³/mol. The summed E-state index contributed by atoms with van der Waals surface area (Å²) in [5, 5.41) is 2.89. The van der Waals surface area contributed by atoms with Gasteiger partial charge in [0.15, 0.2) is 0 Å². The third-order valence-electron chi connectivity index (χ3n) is 4.31. The second-order valence-corrected chi connectivity index (χ2v) is 7.51. The first-order valence-electron chi connectivity index (χ1n) is 9.54. The Labute approximate surface area is 170 Å². The van der Waals surface area contributed by atoms with Crippen LogP contribution in [0.3, 0.4) is 0 Å². The number of rotatable bonds is 10. The van der Waals surface area contributed by atoms with Gasteiger partial charge < -0.3 is 10.2 Å². The molecule has 1 atom stereocenters. The van der Waals surface area contributed by atoms with Gasteiger partial charge in [-0.2, -0.15) is 0 Å². The minimum absolute atomic E-state index is 0.114. The second-order valence-electron chi connectivity index (χ2n) is 6.46. The van der Waals surface area contributed by atoms with Gasteiger partial charge in [-0.15, -0.1) is 11.8 Å². The first-order chi connectivity index (χ1) is 13.5. The van der Waals surface area contributed by atoms with Crippen LogP contribution in [0.4, 0.5) is 4.39 Å². The van der Waals surface area contributed by atoms with Gasteiger partial charge in [-0.05, 0) is 42.7 Å². The molecule has 2 amide bonds. The minimum atomic E-state index is -0.555. The third-order valence-corrected chi connectivity index (χ3v) is 5.30. The fourth-order valence-corrected chi connectivity index (χ4v) is 3.62. The highest BCUT2D eigenvalue weighted by molar-refractivity contribution is 8.00. The molecule has 0 heterocycles. The molecule has 0 saturated carbocycles. The topological polar surface area (TPSA) is 49.4 Å². The van der Waals surface area contributed by atoms with E-state index in [-0.39, 0.29) is 29.9 Å². The summed E-state index contributed by atoms with van der Waals surface area (Å²) in [6.07, 6.45) is 1.34. The molecule has 1 N–H and O–H groups in total. The van der Waals surface area contributed by atoms with Crippen molar-refractivity contribution < 1.29 is 14.0 Å². The molecule has 4 nitrogen and oxygen atoms in total. The molecule has 0 aliphatic carbocycles. The highest BCUT2D eigenvalue weighted by atomic mass is 32.2. The minimum Gasteiger partial charge on any atom is -0.354 e. The molecule has 0 aromatic heterocycles. The van der Waals surface area contributed by atoms with Crippen molar-refractivity contribution >= 4 is 23.6 Å². The number of hydrogen-bond donors (Lipinski definition) is 1. The van der Waals surface area contributed by atoms with Crippen molar-refractivity contribution in [3.05, 3.63) is 66.0 Å². The van der Waals surface area contributed by atoms with Crippen molar-refractivity contribution in [2.45, 2.75) is 44.2 Å². The smallest absolute Gasteiger partial charge is 0.242 e. The van der Waals surface area contributed by atoms with E-state index in [1.807, 2.05) is 44.2 Å². The van der Waals surface area contributed by atoms with E-state index in [2.05, 4.69) is 5.32 Å². The van der Waals surface area contributed by atoms with Gasteiger partial charge >= 0.3 is 0 Å². The molecular weight excluding hydrogens is 375 g/mol. The summed E-state index contributed by atoms with van der Waals surface area (Å²) in [6.45, 7) is 4.73. The number of carbonyl (C=O) groups excluding carboxylic acids is 2. The first-order valence-corrected chi connectivity index (χ1v) is 10.5.